The number of imidazole rings is 1. The molecule has 1 aromatic rings. The van der Waals surface area contributed by atoms with Gasteiger partial charge in [0.05, 0.1) is 6.54 Å². The van der Waals surface area contributed by atoms with E-state index in [0.717, 1.165) is 0 Å². The average molecular weight is 213 g/mol. The molecule has 0 N–H and O–H groups in total. The highest BCUT2D eigenvalue weighted by Crippen LogP contribution is 2.22. The molecule has 0 spiro atoms. The van der Waals surface area contributed by atoms with Crippen molar-refractivity contribution in [2.45, 2.75) is 19.6 Å². The van der Waals surface area contributed by atoms with Gasteiger partial charge in [0.2, 0.25) is 0 Å². The lowest BCUT2D eigenvalue weighted by molar-refractivity contribution is -0.389. The lowest BCUT2D eigenvalue weighted by Crippen LogP contribution is -2.32. The normalized spacial score (nSPS) is 19.4. The summed E-state index contributed by atoms with van der Waals surface area (Å²) in [7, 11) is 0. The van der Waals surface area contributed by atoms with E-state index in [2.05, 4.69) is 4.98 Å². The van der Waals surface area contributed by atoms with Crippen molar-refractivity contribution in [3.63, 3.8) is 0 Å². The first-order valence-electron chi connectivity index (χ1n) is 4.66. The van der Waals surface area contributed by atoms with Crippen LogP contribution in [0.1, 0.15) is 6.92 Å². The summed E-state index contributed by atoms with van der Waals surface area (Å²) in [6.45, 7) is 3.43. The first-order chi connectivity index (χ1) is 7.20. The molecule has 2 heterocycles. The van der Waals surface area contributed by atoms with Gasteiger partial charge in [0.1, 0.15) is 18.9 Å². The molecule has 1 aromatic heterocycles. The van der Waals surface area contributed by atoms with E-state index in [1.807, 2.05) is 6.92 Å². The van der Waals surface area contributed by atoms with E-state index in [-0.39, 0.29) is 17.9 Å². The molecule has 15 heavy (non-hydrogen) atoms. The minimum atomic E-state index is -0.537. The van der Waals surface area contributed by atoms with E-state index in [0.29, 0.717) is 19.8 Å². The molecular formula is C8H11N3O4. The summed E-state index contributed by atoms with van der Waals surface area (Å²) < 4.78 is 12.2. The van der Waals surface area contributed by atoms with E-state index >= 15 is 0 Å². The summed E-state index contributed by atoms with van der Waals surface area (Å²) in [5.74, 6) is -0.192. The van der Waals surface area contributed by atoms with Gasteiger partial charge in [-0.05, 0) is 11.8 Å². The predicted molar refractivity (Wildman–Crippen MR) is 49.8 cm³/mol. The van der Waals surface area contributed by atoms with Gasteiger partial charge in [-0.25, -0.2) is 0 Å². The molecule has 0 saturated carbocycles. The summed E-state index contributed by atoms with van der Waals surface area (Å²) in [5.41, 5.74) is 0. The van der Waals surface area contributed by atoms with Gasteiger partial charge in [0.25, 0.3) is 0 Å². The van der Waals surface area contributed by atoms with Crippen molar-refractivity contribution >= 4 is 5.82 Å². The summed E-state index contributed by atoms with van der Waals surface area (Å²) in [4.78, 5) is 13.7. The van der Waals surface area contributed by atoms with Crippen LogP contribution in [0.2, 0.25) is 0 Å². The third-order valence-electron chi connectivity index (χ3n) is 2.12. The molecular weight excluding hydrogens is 202 g/mol. The maximum absolute atomic E-state index is 10.5. The van der Waals surface area contributed by atoms with Crippen LogP contribution in [0.15, 0.2) is 6.20 Å². The number of hydrogen-bond donors (Lipinski definition) is 0. The third-order valence-corrected chi connectivity index (χ3v) is 2.12. The fourth-order valence-corrected chi connectivity index (χ4v) is 1.50. The minimum absolute atomic E-state index is 0.0590. The molecule has 0 aromatic carbocycles. The minimum Gasteiger partial charge on any atom is -0.443 e. The Balaban J connectivity index is 2.15. The summed E-state index contributed by atoms with van der Waals surface area (Å²) in [6, 6.07) is 0.289. The van der Waals surface area contributed by atoms with Crippen LogP contribution in [-0.4, -0.2) is 33.8 Å². The van der Waals surface area contributed by atoms with E-state index in [4.69, 9.17) is 9.47 Å². The third kappa shape index (κ3) is 1.91. The molecule has 0 amide bonds. The van der Waals surface area contributed by atoms with Crippen LogP contribution in [0.25, 0.3) is 0 Å². The van der Waals surface area contributed by atoms with Gasteiger partial charge in [-0.1, -0.05) is 0 Å². The van der Waals surface area contributed by atoms with Gasteiger partial charge < -0.3 is 19.6 Å². The highest BCUT2D eigenvalue weighted by atomic mass is 16.6. The zero-order chi connectivity index (χ0) is 10.8. The van der Waals surface area contributed by atoms with Crippen LogP contribution in [0.3, 0.4) is 0 Å². The molecule has 1 aliphatic rings. The van der Waals surface area contributed by atoms with Gasteiger partial charge in [0.15, 0.2) is 0 Å². The average Bonchev–Trinajstić information content (AvgIpc) is 2.61. The molecule has 1 aliphatic heterocycles. The second-order valence-electron chi connectivity index (χ2n) is 3.18. The molecule has 7 heteroatoms. The number of aromatic nitrogens is 2. The van der Waals surface area contributed by atoms with Crippen LogP contribution in [0, 0.1) is 10.1 Å². The number of rotatable bonds is 3. The van der Waals surface area contributed by atoms with Gasteiger partial charge >= 0.3 is 11.8 Å². The summed E-state index contributed by atoms with van der Waals surface area (Å²) in [5, 5.41) is 10.5. The van der Waals surface area contributed by atoms with Crippen molar-refractivity contribution < 1.29 is 14.4 Å². The smallest absolute Gasteiger partial charge is 0.414 e. The number of hydrogen-bond acceptors (Lipinski definition) is 5. The maximum atomic E-state index is 10.5. The second kappa shape index (κ2) is 3.85. The van der Waals surface area contributed by atoms with Crippen LogP contribution in [0.4, 0.5) is 5.82 Å². The first kappa shape index (κ1) is 9.91. The second-order valence-corrected chi connectivity index (χ2v) is 3.18. The highest BCUT2D eigenvalue weighted by Gasteiger charge is 2.27. The maximum Gasteiger partial charge on any atom is 0.414 e. The number of ether oxygens (including phenoxy) is 2. The molecule has 1 atom stereocenters. The quantitative estimate of drug-likeness (QED) is 0.542. The monoisotopic (exact) mass is 213 g/mol. The Labute approximate surface area is 85.8 Å². The molecule has 82 valence electrons. The highest BCUT2D eigenvalue weighted by molar-refractivity contribution is 5.21. The fraction of sp³-hybridized carbons (Fsp3) is 0.625. The summed E-state index contributed by atoms with van der Waals surface area (Å²) >= 11 is 0. The van der Waals surface area contributed by atoms with Gasteiger partial charge in [-0.15, -0.1) is 0 Å². The first-order valence-corrected chi connectivity index (χ1v) is 4.66. The van der Waals surface area contributed by atoms with Crippen LogP contribution in [0.5, 0.6) is 6.01 Å². The van der Waals surface area contributed by atoms with Crippen molar-refractivity contribution in [3.8, 4) is 6.01 Å². The zero-order valence-electron chi connectivity index (χ0n) is 8.25. The van der Waals surface area contributed by atoms with Crippen molar-refractivity contribution in [2.75, 3.05) is 13.2 Å². The Hall–Kier alpha value is -1.63. The number of nitrogens with zero attached hydrogens (tertiary/aromatic N) is 3. The van der Waals surface area contributed by atoms with Crippen LogP contribution < -0.4 is 4.74 Å². The molecule has 0 bridgehead atoms. The Morgan fingerprint density at radius 2 is 2.67 bits per heavy atom. The van der Waals surface area contributed by atoms with Crippen molar-refractivity contribution in [3.05, 3.63) is 16.3 Å². The van der Waals surface area contributed by atoms with Gasteiger partial charge in [-0.3, -0.25) is 4.57 Å². The van der Waals surface area contributed by atoms with Crippen LogP contribution >= 0.6 is 0 Å². The molecule has 0 unspecified atom stereocenters. The number of nitro groups is 1. The van der Waals surface area contributed by atoms with Crippen molar-refractivity contribution in [1.29, 1.82) is 0 Å². The van der Waals surface area contributed by atoms with E-state index in [9.17, 15) is 10.1 Å². The van der Waals surface area contributed by atoms with E-state index in [1.54, 1.807) is 4.57 Å². The molecule has 0 radical (unpaired) electrons. The van der Waals surface area contributed by atoms with Crippen LogP contribution in [-0.2, 0) is 11.3 Å². The Kier molecular flexibility index (Phi) is 2.55. The SMILES string of the molecule is CCO[C@@H]1COc2nc([N+](=O)[O-])cn2C1. The Bertz CT molecular complexity index is 376. The van der Waals surface area contributed by atoms with Crippen molar-refractivity contribution in [2.24, 2.45) is 0 Å². The molecule has 0 saturated heterocycles. The lowest BCUT2D eigenvalue weighted by Gasteiger charge is -2.21. The summed E-state index contributed by atoms with van der Waals surface area (Å²) in [6.07, 6.45) is 1.30. The van der Waals surface area contributed by atoms with E-state index < -0.39 is 4.92 Å². The largest absolute Gasteiger partial charge is 0.443 e. The van der Waals surface area contributed by atoms with Gasteiger partial charge in [0, 0.05) is 11.6 Å². The molecule has 2 rings (SSSR count). The molecule has 0 fully saturated rings. The molecule has 0 aliphatic carbocycles. The standard InChI is InChI=1S/C8H11N3O4/c1-2-14-6-3-10-4-7(11(12)13)9-8(10)15-5-6/h4,6H,2-3,5H2,1H3/t6-/m0/s1. The van der Waals surface area contributed by atoms with Crippen molar-refractivity contribution in [1.82, 2.24) is 9.55 Å². The Morgan fingerprint density at radius 1 is 1.87 bits per heavy atom. The van der Waals surface area contributed by atoms with E-state index in [1.165, 1.54) is 6.20 Å². The van der Waals surface area contributed by atoms with Gasteiger partial charge in [-0.2, -0.15) is 0 Å². The molecule has 7 nitrogen and oxygen atoms in total. The fourth-order valence-electron chi connectivity index (χ4n) is 1.50. The predicted octanol–water partition coefficient (Wildman–Crippen LogP) is 0.589. The topological polar surface area (TPSA) is 79.4 Å². The Morgan fingerprint density at radius 3 is 3.33 bits per heavy atom. The zero-order valence-corrected chi connectivity index (χ0v) is 8.25. The number of fused-ring (bicyclic) bond motifs is 1. The lowest BCUT2D eigenvalue weighted by atomic mass is 10.3.